The summed E-state index contributed by atoms with van der Waals surface area (Å²) in [4.78, 5) is 0. The van der Waals surface area contributed by atoms with Crippen molar-refractivity contribution in [3.05, 3.63) is 130 Å². The van der Waals surface area contributed by atoms with Crippen molar-refractivity contribution < 1.29 is 13.2 Å². The van der Waals surface area contributed by atoms with Crippen LogP contribution >= 0.6 is 17.0 Å². The van der Waals surface area contributed by atoms with Crippen LogP contribution in [0.1, 0.15) is 43.4 Å². The summed E-state index contributed by atoms with van der Waals surface area (Å²) >= 11 is -5.35. The van der Waals surface area contributed by atoms with Crippen molar-refractivity contribution in [1.29, 1.82) is 0 Å². The summed E-state index contributed by atoms with van der Waals surface area (Å²) in [5.41, 5.74) is 13.2. The van der Waals surface area contributed by atoms with E-state index in [9.17, 15) is 0 Å². The average molecular weight is 691 g/mol. The number of rotatable bonds is 6. The molecule has 4 aromatic rings. The van der Waals surface area contributed by atoms with Gasteiger partial charge in [0.05, 0.1) is 0 Å². The number of fused-ring (bicyclic) bond motifs is 2. The molecule has 2 unspecified atom stereocenters. The van der Waals surface area contributed by atoms with Crippen LogP contribution in [-0.4, -0.2) is 11.8 Å². The van der Waals surface area contributed by atoms with Gasteiger partial charge < -0.3 is 0 Å². The Kier molecular flexibility index (Phi) is 7.08. The molecule has 0 radical (unpaired) electrons. The van der Waals surface area contributed by atoms with Crippen LogP contribution in [0.15, 0.2) is 108 Å². The van der Waals surface area contributed by atoms with Gasteiger partial charge in [-0.1, -0.05) is 0 Å². The van der Waals surface area contributed by atoms with Crippen molar-refractivity contribution in [3.63, 3.8) is 0 Å². The third kappa shape index (κ3) is 3.85. The Morgan fingerprint density at radius 3 is 1.22 bits per heavy atom. The summed E-state index contributed by atoms with van der Waals surface area (Å²) in [6.45, 7) is 14.6. The second kappa shape index (κ2) is 9.90. The van der Waals surface area contributed by atoms with Crippen molar-refractivity contribution in [1.82, 2.24) is 0 Å². The van der Waals surface area contributed by atoms with Gasteiger partial charge in [-0.05, 0) is 0 Å². The first-order chi connectivity index (χ1) is 19.5. The zero-order chi connectivity index (χ0) is 29.2. The van der Waals surface area contributed by atoms with Crippen LogP contribution in [0.25, 0.3) is 34.4 Å². The fraction of sp³-hybridized carbons (Fsp3) is 0.222. The van der Waals surface area contributed by atoms with E-state index >= 15 is 0 Å². The number of hydrogen-bond acceptors (Lipinski definition) is 0. The van der Waals surface area contributed by atoms with Gasteiger partial charge in [0, 0.05) is 0 Å². The Morgan fingerprint density at radius 2 is 0.878 bits per heavy atom. The molecule has 0 saturated carbocycles. The van der Waals surface area contributed by atoms with E-state index in [1.807, 2.05) is 0 Å². The Bertz CT molecular complexity index is 1610. The van der Waals surface area contributed by atoms with Gasteiger partial charge in [-0.15, -0.1) is 0 Å². The Labute approximate surface area is 252 Å². The monoisotopic (exact) mass is 688 g/mol. The molecule has 0 aromatic heterocycles. The molecule has 0 spiro atoms. The minimum atomic E-state index is -5.35. The predicted octanol–water partition coefficient (Wildman–Crippen LogP) is 11.1. The number of benzene rings is 4. The molecular weight excluding hydrogens is 651 g/mol. The van der Waals surface area contributed by atoms with Gasteiger partial charge in [0.1, 0.15) is 0 Å². The van der Waals surface area contributed by atoms with E-state index in [-0.39, 0.29) is 7.25 Å². The second-order valence-electron chi connectivity index (χ2n) is 13.2. The molecule has 0 heterocycles. The van der Waals surface area contributed by atoms with Crippen LogP contribution in [0.4, 0.5) is 0 Å². The summed E-state index contributed by atoms with van der Waals surface area (Å²) in [6, 6.07) is 35.2. The van der Waals surface area contributed by atoms with E-state index in [1.165, 1.54) is 55.7 Å². The van der Waals surface area contributed by atoms with Crippen LogP contribution in [0, 0.1) is 0 Å². The van der Waals surface area contributed by atoms with Crippen molar-refractivity contribution in [2.75, 3.05) is 0 Å². The van der Waals surface area contributed by atoms with Gasteiger partial charge >= 0.3 is 254 Å². The molecule has 4 aromatic carbocycles. The van der Waals surface area contributed by atoms with Crippen LogP contribution in [0.3, 0.4) is 0 Å². The van der Waals surface area contributed by atoms with Crippen molar-refractivity contribution in [2.24, 2.45) is 0 Å². The molecule has 0 aliphatic heterocycles. The quantitative estimate of drug-likeness (QED) is 0.177. The van der Waals surface area contributed by atoms with E-state index in [0.717, 1.165) is 0 Å². The molecule has 210 valence electrons. The fourth-order valence-electron chi connectivity index (χ4n) is 8.92. The summed E-state index contributed by atoms with van der Waals surface area (Å²) in [7, 11) is 18.0. The maximum absolute atomic E-state index is 8.99. The van der Waals surface area contributed by atoms with E-state index in [1.54, 1.807) is 0 Å². The van der Waals surface area contributed by atoms with Crippen LogP contribution < -0.4 is 0 Å². The number of hydrogen-bond donors (Lipinski definition) is 0. The fourth-order valence-corrected chi connectivity index (χ4v) is 95.2. The first-order valence-electron chi connectivity index (χ1n) is 15.0. The molecule has 0 nitrogen and oxygen atoms in total. The normalized spacial score (nSPS) is 19.9. The Balaban J connectivity index is 1.66. The summed E-state index contributed by atoms with van der Waals surface area (Å²) in [5.74, 6) is -3.35. The zero-order valence-electron chi connectivity index (χ0n) is 25.0. The van der Waals surface area contributed by atoms with Crippen LogP contribution in [-0.2, 0) is 13.2 Å². The van der Waals surface area contributed by atoms with Crippen LogP contribution in [0.5, 0.6) is 0 Å². The molecule has 0 N–H and O–H groups in total. The van der Waals surface area contributed by atoms with Gasteiger partial charge in [-0.3, -0.25) is 0 Å². The standard InChI is InChI=1S/2C16H13.2C2H7Si.2ClH.Zr/c2*1-12-10-14-8-5-9-15(16(14)11-12)13-6-3-2-4-7-13;2*1-3-2;;;/h2*2-11H,1H3;2*3H,1-2H3;2*1H;/q;;;;;;+2/p-2. The van der Waals surface area contributed by atoms with E-state index < -0.39 is 25.1 Å². The molecule has 0 bridgehead atoms. The van der Waals surface area contributed by atoms with Gasteiger partial charge in [-0.25, -0.2) is 0 Å². The second-order valence-corrected chi connectivity index (χ2v) is 92.3. The molecule has 0 saturated heterocycles. The Morgan fingerprint density at radius 1 is 0.512 bits per heavy atom. The molecular formula is C36H40Cl2Si2Zr. The third-order valence-corrected chi connectivity index (χ3v) is 138. The maximum atomic E-state index is 8.99. The van der Waals surface area contributed by atoms with Gasteiger partial charge in [0.25, 0.3) is 0 Å². The topological polar surface area (TPSA) is 0 Å². The summed E-state index contributed by atoms with van der Waals surface area (Å²) < 4.78 is 0.215. The first kappa shape index (κ1) is 29.3. The molecule has 2 aliphatic rings. The number of halogens is 2. The van der Waals surface area contributed by atoms with Gasteiger partial charge in [0.15, 0.2) is 0 Å². The SMILES string of the molecule is CC1=Cc2c(-c3ccccc3)cccc2[CH]1[Zr]([Cl])([Cl])([CH]1C(C)=Cc2c(-c3ccccc3)cccc21)([SiH](C)C)[SiH](C)C. The minimum absolute atomic E-state index is 0.108. The van der Waals surface area contributed by atoms with Crippen molar-refractivity contribution in [3.8, 4) is 22.3 Å². The van der Waals surface area contributed by atoms with Gasteiger partial charge in [0.2, 0.25) is 0 Å². The molecule has 41 heavy (non-hydrogen) atoms. The Hall–Kier alpha value is -1.74. The summed E-state index contributed by atoms with van der Waals surface area (Å²) in [6.07, 6.45) is 4.87. The number of allylic oxidation sites excluding steroid dienone is 2. The van der Waals surface area contributed by atoms with Crippen molar-refractivity contribution in [2.45, 2.75) is 47.3 Å². The van der Waals surface area contributed by atoms with Crippen molar-refractivity contribution >= 4 is 41.0 Å². The molecule has 2 aliphatic carbocycles. The van der Waals surface area contributed by atoms with Gasteiger partial charge in [-0.2, -0.15) is 0 Å². The van der Waals surface area contributed by atoms with E-state index in [0.29, 0.717) is 0 Å². The zero-order valence-corrected chi connectivity index (χ0v) is 31.2. The molecule has 5 heteroatoms. The third-order valence-electron chi connectivity index (χ3n) is 11.0. The first-order valence-corrected chi connectivity index (χ1v) is 38.4. The average Bonchev–Trinajstić information content (AvgIpc) is 3.50. The molecule has 0 amide bonds. The van der Waals surface area contributed by atoms with E-state index in [4.69, 9.17) is 17.0 Å². The van der Waals surface area contributed by atoms with E-state index in [2.05, 4.69) is 149 Å². The molecule has 0 fully saturated rings. The predicted molar refractivity (Wildman–Crippen MR) is 186 cm³/mol. The summed E-state index contributed by atoms with van der Waals surface area (Å²) in [5, 5.41) is 0. The van der Waals surface area contributed by atoms with Crippen LogP contribution in [0.2, 0.25) is 26.2 Å². The molecule has 6 rings (SSSR count). The molecule has 2 atom stereocenters.